The van der Waals surface area contributed by atoms with Crippen molar-refractivity contribution in [1.29, 1.82) is 0 Å². The van der Waals surface area contributed by atoms with Crippen molar-refractivity contribution in [1.82, 2.24) is 0 Å². The predicted octanol–water partition coefficient (Wildman–Crippen LogP) is 5.47. The van der Waals surface area contributed by atoms with Gasteiger partial charge in [0.15, 0.2) is 0 Å². The fraction of sp³-hybridized carbons (Fsp3) is 0.118. The Morgan fingerprint density at radius 2 is 1.57 bits per heavy atom. The molecule has 3 rings (SSSR count). The van der Waals surface area contributed by atoms with Gasteiger partial charge in [0, 0.05) is 11.1 Å². The van der Waals surface area contributed by atoms with E-state index in [1.807, 2.05) is 38.1 Å². The molecule has 0 spiro atoms. The van der Waals surface area contributed by atoms with Crippen LogP contribution in [0.2, 0.25) is 10.0 Å². The fourth-order valence-electron chi connectivity index (χ4n) is 2.62. The van der Waals surface area contributed by atoms with Crippen LogP contribution in [-0.2, 0) is 4.79 Å². The lowest BCUT2D eigenvalue weighted by atomic mass is 10.0. The molecular formula is C17H13Cl2NO. The first-order valence-electron chi connectivity index (χ1n) is 6.57. The molecule has 0 saturated carbocycles. The number of rotatable bonds is 1. The third kappa shape index (κ3) is 2.15. The van der Waals surface area contributed by atoms with Gasteiger partial charge in [-0.2, -0.15) is 0 Å². The molecule has 0 radical (unpaired) electrons. The molecule has 0 fully saturated rings. The van der Waals surface area contributed by atoms with Crippen molar-refractivity contribution in [2.75, 3.05) is 4.90 Å². The van der Waals surface area contributed by atoms with Crippen LogP contribution >= 0.6 is 23.2 Å². The summed E-state index contributed by atoms with van der Waals surface area (Å²) in [5.74, 6) is -0.0915. The standard InChI is InChI=1S/C17H13Cl2NO/c1-10(2)15-11-6-3-4-9-14(11)20(17(15)21)16-12(18)7-5-8-13(16)19/h3-9H,1-2H3. The summed E-state index contributed by atoms with van der Waals surface area (Å²) in [6, 6.07) is 12.9. The molecule has 0 atom stereocenters. The first-order chi connectivity index (χ1) is 10.0. The Bertz CT molecular complexity index is 756. The summed E-state index contributed by atoms with van der Waals surface area (Å²) in [4.78, 5) is 14.5. The molecule has 0 saturated heterocycles. The molecule has 21 heavy (non-hydrogen) atoms. The van der Waals surface area contributed by atoms with Gasteiger partial charge in [-0.15, -0.1) is 0 Å². The second-order valence-electron chi connectivity index (χ2n) is 5.10. The molecule has 0 unspecified atom stereocenters. The molecule has 0 bridgehead atoms. The number of para-hydroxylation sites is 2. The number of hydrogen-bond acceptors (Lipinski definition) is 1. The highest BCUT2D eigenvalue weighted by molar-refractivity contribution is 6.44. The number of fused-ring (bicyclic) bond motifs is 1. The lowest BCUT2D eigenvalue weighted by Crippen LogP contribution is -2.21. The van der Waals surface area contributed by atoms with E-state index >= 15 is 0 Å². The zero-order valence-electron chi connectivity index (χ0n) is 11.7. The Morgan fingerprint density at radius 3 is 2.19 bits per heavy atom. The average Bonchev–Trinajstić information content (AvgIpc) is 2.72. The van der Waals surface area contributed by atoms with Crippen LogP contribution in [0.1, 0.15) is 19.4 Å². The smallest absolute Gasteiger partial charge is 0.263 e. The van der Waals surface area contributed by atoms with Gasteiger partial charge in [-0.1, -0.05) is 53.0 Å². The van der Waals surface area contributed by atoms with E-state index in [1.54, 1.807) is 23.1 Å². The first kappa shape index (κ1) is 14.2. The Kier molecular flexibility index (Phi) is 3.52. The predicted molar refractivity (Wildman–Crippen MR) is 88.3 cm³/mol. The van der Waals surface area contributed by atoms with Gasteiger partial charge in [-0.25, -0.2) is 0 Å². The average molecular weight is 318 g/mol. The maximum absolute atomic E-state index is 12.9. The molecule has 1 aliphatic rings. The highest BCUT2D eigenvalue weighted by Gasteiger charge is 2.35. The first-order valence-corrected chi connectivity index (χ1v) is 7.33. The number of allylic oxidation sites excluding steroid dienone is 1. The largest absolute Gasteiger partial charge is 0.273 e. The van der Waals surface area contributed by atoms with Crippen molar-refractivity contribution in [2.45, 2.75) is 13.8 Å². The molecule has 1 aliphatic heterocycles. The highest BCUT2D eigenvalue weighted by Crippen LogP contribution is 2.46. The zero-order valence-corrected chi connectivity index (χ0v) is 13.2. The Labute approximate surface area is 133 Å². The van der Waals surface area contributed by atoms with Crippen molar-refractivity contribution in [3.63, 3.8) is 0 Å². The van der Waals surface area contributed by atoms with E-state index < -0.39 is 0 Å². The van der Waals surface area contributed by atoms with Crippen LogP contribution < -0.4 is 4.90 Å². The monoisotopic (exact) mass is 317 g/mol. The van der Waals surface area contributed by atoms with E-state index in [-0.39, 0.29) is 5.91 Å². The zero-order chi connectivity index (χ0) is 15.1. The van der Waals surface area contributed by atoms with E-state index in [4.69, 9.17) is 23.2 Å². The number of nitrogens with zero attached hydrogens (tertiary/aromatic N) is 1. The van der Waals surface area contributed by atoms with Crippen LogP contribution in [0.15, 0.2) is 48.0 Å². The van der Waals surface area contributed by atoms with Crippen molar-refractivity contribution in [2.24, 2.45) is 0 Å². The van der Waals surface area contributed by atoms with Gasteiger partial charge in [0.2, 0.25) is 0 Å². The molecule has 0 N–H and O–H groups in total. The van der Waals surface area contributed by atoms with Gasteiger partial charge < -0.3 is 0 Å². The van der Waals surface area contributed by atoms with Gasteiger partial charge in [-0.3, -0.25) is 9.69 Å². The fourth-order valence-corrected chi connectivity index (χ4v) is 3.19. The number of amides is 1. The van der Waals surface area contributed by atoms with Crippen molar-refractivity contribution < 1.29 is 4.79 Å². The van der Waals surface area contributed by atoms with Crippen LogP contribution in [0.25, 0.3) is 5.57 Å². The third-order valence-corrected chi connectivity index (χ3v) is 4.10. The number of hydrogen-bond donors (Lipinski definition) is 0. The van der Waals surface area contributed by atoms with Gasteiger partial charge >= 0.3 is 0 Å². The minimum Gasteiger partial charge on any atom is -0.273 e. The summed E-state index contributed by atoms with van der Waals surface area (Å²) in [6.07, 6.45) is 0. The van der Waals surface area contributed by atoms with E-state index in [2.05, 4.69) is 0 Å². The third-order valence-electron chi connectivity index (χ3n) is 3.49. The maximum Gasteiger partial charge on any atom is 0.263 e. The second-order valence-corrected chi connectivity index (χ2v) is 5.92. The molecule has 1 amide bonds. The minimum absolute atomic E-state index is 0.0915. The topological polar surface area (TPSA) is 20.3 Å². The molecule has 106 valence electrons. The van der Waals surface area contributed by atoms with Crippen LogP contribution in [-0.4, -0.2) is 5.91 Å². The van der Waals surface area contributed by atoms with E-state index in [0.717, 1.165) is 16.8 Å². The van der Waals surface area contributed by atoms with Gasteiger partial charge in [0.25, 0.3) is 5.91 Å². The summed E-state index contributed by atoms with van der Waals surface area (Å²) < 4.78 is 0. The van der Waals surface area contributed by atoms with Gasteiger partial charge in [0.05, 0.1) is 21.4 Å². The van der Waals surface area contributed by atoms with Crippen molar-refractivity contribution in [3.8, 4) is 0 Å². The molecule has 0 aromatic heterocycles. The number of carbonyl (C=O) groups excluding carboxylic acids is 1. The van der Waals surface area contributed by atoms with Crippen LogP contribution in [0.3, 0.4) is 0 Å². The number of halogens is 2. The quantitative estimate of drug-likeness (QED) is 0.639. The lowest BCUT2D eigenvalue weighted by molar-refractivity contribution is -0.112. The second kappa shape index (κ2) is 5.21. The lowest BCUT2D eigenvalue weighted by Gasteiger charge is -2.20. The normalized spacial score (nSPS) is 13.6. The summed E-state index contributed by atoms with van der Waals surface area (Å²) in [5, 5.41) is 0.918. The van der Waals surface area contributed by atoms with E-state index in [9.17, 15) is 4.79 Å². The minimum atomic E-state index is -0.0915. The number of anilines is 2. The highest BCUT2D eigenvalue weighted by atomic mass is 35.5. The molecule has 2 aromatic rings. The molecule has 4 heteroatoms. The maximum atomic E-state index is 12.9. The summed E-state index contributed by atoms with van der Waals surface area (Å²) in [5.41, 5.74) is 3.95. The van der Waals surface area contributed by atoms with Crippen molar-refractivity contribution in [3.05, 3.63) is 63.6 Å². The Morgan fingerprint density at radius 1 is 0.952 bits per heavy atom. The number of benzene rings is 2. The molecule has 1 heterocycles. The molecular weight excluding hydrogens is 305 g/mol. The number of carbonyl (C=O) groups is 1. The van der Waals surface area contributed by atoms with E-state index in [0.29, 0.717) is 21.3 Å². The SMILES string of the molecule is CC(C)=C1C(=O)N(c2c(Cl)cccc2Cl)c2ccccc21. The summed E-state index contributed by atoms with van der Waals surface area (Å²) in [7, 11) is 0. The molecule has 2 nitrogen and oxygen atoms in total. The van der Waals surface area contributed by atoms with Gasteiger partial charge in [-0.05, 0) is 32.0 Å². The Hall–Kier alpha value is -1.77. The molecule has 0 aliphatic carbocycles. The summed E-state index contributed by atoms with van der Waals surface area (Å²) in [6.45, 7) is 3.86. The van der Waals surface area contributed by atoms with Crippen LogP contribution in [0.5, 0.6) is 0 Å². The Balaban J connectivity index is 2.31. The molecule has 2 aromatic carbocycles. The van der Waals surface area contributed by atoms with E-state index in [1.165, 1.54) is 0 Å². The van der Waals surface area contributed by atoms with Crippen LogP contribution in [0.4, 0.5) is 11.4 Å². The van der Waals surface area contributed by atoms with Crippen molar-refractivity contribution >= 4 is 46.1 Å². The van der Waals surface area contributed by atoms with Gasteiger partial charge in [0.1, 0.15) is 0 Å². The van der Waals surface area contributed by atoms with Crippen LogP contribution in [0, 0.1) is 0 Å². The summed E-state index contributed by atoms with van der Waals surface area (Å²) >= 11 is 12.5.